The molecule has 0 spiro atoms. The molecule has 0 atom stereocenters. The van der Waals surface area contributed by atoms with Crippen molar-refractivity contribution >= 4 is 11.4 Å². The van der Waals surface area contributed by atoms with Gasteiger partial charge in [-0.05, 0) is 24.3 Å². The zero-order valence-corrected chi connectivity index (χ0v) is 9.48. The van der Waals surface area contributed by atoms with E-state index >= 15 is 0 Å². The molecule has 2 aromatic carbocycles. The lowest BCUT2D eigenvalue weighted by Gasteiger charge is -2.05. The highest BCUT2D eigenvalue weighted by Crippen LogP contribution is 2.31. The van der Waals surface area contributed by atoms with E-state index in [2.05, 4.69) is 6.07 Å². The largest absolute Gasteiger partial charge is 0.450 e. The van der Waals surface area contributed by atoms with E-state index in [9.17, 15) is 20.2 Å². The fourth-order valence-electron chi connectivity index (χ4n) is 1.40. The number of hydrogen-bond donors (Lipinski definition) is 0. The zero-order valence-electron chi connectivity index (χ0n) is 9.48. The van der Waals surface area contributed by atoms with Gasteiger partial charge >= 0.3 is 5.69 Å². The number of nitro benzene ring substituents is 2. The maximum absolute atomic E-state index is 10.8. The highest BCUT2D eigenvalue weighted by Gasteiger charge is 2.15. The maximum Gasteiger partial charge on any atom is 0.312 e. The van der Waals surface area contributed by atoms with Gasteiger partial charge in [0.1, 0.15) is 5.75 Å². The summed E-state index contributed by atoms with van der Waals surface area (Å²) in [5.41, 5.74) is -0.302. The molecule has 7 heteroatoms. The minimum absolute atomic E-state index is 0.0533. The predicted octanol–water partition coefficient (Wildman–Crippen LogP) is 3.10. The third kappa shape index (κ3) is 2.83. The molecule has 19 heavy (non-hydrogen) atoms. The Morgan fingerprint density at radius 3 is 2.26 bits per heavy atom. The minimum atomic E-state index is -0.586. The molecule has 0 saturated carbocycles. The smallest absolute Gasteiger partial charge is 0.312 e. The first-order chi connectivity index (χ1) is 9.08. The van der Waals surface area contributed by atoms with Crippen molar-refractivity contribution in [3.63, 3.8) is 0 Å². The highest BCUT2D eigenvalue weighted by molar-refractivity contribution is 5.48. The SMILES string of the molecule is O=[N+]([O-])c1ccc(Oc2cc[c]cc2[N+](=O)[O-])cc1. The molecule has 2 aromatic rings. The molecule has 0 aliphatic heterocycles. The average Bonchev–Trinajstić information content (AvgIpc) is 2.39. The van der Waals surface area contributed by atoms with Gasteiger partial charge in [-0.2, -0.15) is 0 Å². The van der Waals surface area contributed by atoms with Crippen molar-refractivity contribution in [3.05, 3.63) is 68.8 Å². The van der Waals surface area contributed by atoms with Gasteiger partial charge in [-0.1, -0.05) is 6.07 Å². The summed E-state index contributed by atoms with van der Waals surface area (Å²) in [5, 5.41) is 21.3. The number of benzene rings is 2. The van der Waals surface area contributed by atoms with Crippen LogP contribution in [0.15, 0.2) is 42.5 Å². The van der Waals surface area contributed by atoms with Crippen LogP contribution in [0.5, 0.6) is 11.5 Å². The number of ether oxygens (including phenoxy) is 1. The number of non-ortho nitro benzene ring substituents is 1. The van der Waals surface area contributed by atoms with E-state index in [0.717, 1.165) is 0 Å². The van der Waals surface area contributed by atoms with Crippen LogP contribution in [-0.4, -0.2) is 9.85 Å². The van der Waals surface area contributed by atoms with E-state index in [1.54, 1.807) is 0 Å². The fraction of sp³-hybridized carbons (Fsp3) is 0. The van der Waals surface area contributed by atoms with E-state index in [4.69, 9.17) is 4.74 Å². The van der Waals surface area contributed by atoms with Gasteiger partial charge in [-0.15, -0.1) is 0 Å². The van der Waals surface area contributed by atoms with Crippen molar-refractivity contribution in [1.82, 2.24) is 0 Å². The van der Waals surface area contributed by atoms with E-state index in [1.165, 1.54) is 42.5 Å². The molecule has 0 amide bonds. The van der Waals surface area contributed by atoms with E-state index in [1.807, 2.05) is 0 Å². The van der Waals surface area contributed by atoms with Gasteiger partial charge in [-0.25, -0.2) is 0 Å². The van der Waals surface area contributed by atoms with Gasteiger partial charge in [0.2, 0.25) is 5.75 Å². The molecule has 1 radical (unpaired) electrons. The summed E-state index contributed by atoms with van der Waals surface area (Å²) in [4.78, 5) is 20.1. The second-order valence-electron chi connectivity index (χ2n) is 3.50. The summed E-state index contributed by atoms with van der Waals surface area (Å²) in [6.45, 7) is 0. The lowest BCUT2D eigenvalue weighted by molar-refractivity contribution is -0.385. The lowest BCUT2D eigenvalue weighted by atomic mass is 10.3. The van der Waals surface area contributed by atoms with Gasteiger partial charge in [0.15, 0.2) is 0 Å². The normalized spacial score (nSPS) is 9.89. The Kier molecular flexibility index (Phi) is 3.37. The molecule has 0 saturated heterocycles. The van der Waals surface area contributed by atoms with Crippen molar-refractivity contribution in [2.24, 2.45) is 0 Å². The van der Waals surface area contributed by atoms with Crippen LogP contribution in [0, 0.1) is 26.3 Å². The van der Waals surface area contributed by atoms with E-state index in [-0.39, 0.29) is 22.9 Å². The number of rotatable bonds is 4. The first-order valence-corrected chi connectivity index (χ1v) is 5.15. The summed E-state index contributed by atoms with van der Waals surface area (Å²) in [7, 11) is 0. The third-order valence-corrected chi connectivity index (χ3v) is 2.28. The fourth-order valence-corrected chi connectivity index (χ4v) is 1.40. The highest BCUT2D eigenvalue weighted by atomic mass is 16.6. The summed E-state index contributed by atoms with van der Waals surface area (Å²) < 4.78 is 5.32. The summed E-state index contributed by atoms with van der Waals surface area (Å²) in [5.74, 6) is 0.331. The second-order valence-corrected chi connectivity index (χ2v) is 3.50. The Morgan fingerprint density at radius 2 is 1.68 bits per heavy atom. The Hall–Kier alpha value is -2.96. The van der Waals surface area contributed by atoms with Gasteiger partial charge in [0, 0.05) is 18.2 Å². The zero-order chi connectivity index (χ0) is 13.8. The van der Waals surface area contributed by atoms with Crippen LogP contribution in [0.3, 0.4) is 0 Å². The monoisotopic (exact) mass is 259 g/mol. The third-order valence-electron chi connectivity index (χ3n) is 2.28. The molecule has 0 fully saturated rings. The average molecular weight is 259 g/mol. The molecule has 0 aliphatic carbocycles. The topological polar surface area (TPSA) is 95.5 Å². The van der Waals surface area contributed by atoms with E-state index in [0.29, 0.717) is 0 Å². The Labute approximate surface area is 107 Å². The van der Waals surface area contributed by atoms with Crippen LogP contribution in [0.2, 0.25) is 0 Å². The van der Waals surface area contributed by atoms with Crippen molar-refractivity contribution in [2.75, 3.05) is 0 Å². The quantitative estimate of drug-likeness (QED) is 0.620. The second kappa shape index (κ2) is 5.13. The Bertz CT molecular complexity index is 624. The minimum Gasteiger partial charge on any atom is -0.450 e. The Morgan fingerprint density at radius 1 is 1.00 bits per heavy atom. The predicted molar refractivity (Wildman–Crippen MR) is 65.1 cm³/mol. The standard InChI is InChI=1S/C12H7N2O5/c15-13(16)9-5-7-10(8-6-9)19-12-4-2-1-3-11(12)14(17)18/h2-8H. The van der Waals surface area contributed by atoms with Crippen LogP contribution >= 0.6 is 0 Å². The van der Waals surface area contributed by atoms with Gasteiger partial charge in [0.05, 0.1) is 9.85 Å². The molecule has 7 nitrogen and oxygen atoms in total. The maximum atomic E-state index is 10.8. The first kappa shape index (κ1) is 12.5. The molecule has 2 rings (SSSR count). The van der Waals surface area contributed by atoms with Gasteiger partial charge < -0.3 is 4.74 Å². The summed E-state index contributed by atoms with van der Waals surface area (Å²) >= 11 is 0. The molecule has 0 aromatic heterocycles. The van der Waals surface area contributed by atoms with Crippen LogP contribution in [0.25, 0.3) is 0 Å². The van der Waals surface area contributed by atoms with Crippen molar-refractivity contribution in [1.29, 1.82) is 0 Å². The van der Waals surface area contributed by atoms with Crippen LogP contribution in [0.4, 0.5) is 11.4 Å². The molecule has 0 N–H and O–H groups in total. The molecular formula is C12H7N2O5. The first-order valence-electron chi connectivity index (χ1n) is 5.15. The molecule has 0 bridgehead atoms. The molecule has 0 unspecified atom stereocenters. The molecule has 95 valence electrons. The Balaban J connectivity index is 2.26. The van der Waals surface area contributed by atoms with Gasteiger partial charge in [-0.3, -0.25) is 20.2 Å². The van der Waals surface area contributed by atoms with Crippen molar-refractivity contribution < 1.29 is 14.6 Å². The van der Waals surface area contributed by atoms with Crippen LogP contribution in [0.1, 0.15) is 0 Å². The lowest BCUT2D eigenvalue weighted by Crippen LogP contribution is -1.93. The molecule has 0 aliphatic rings. The van der Waals surface area contributed by atoms with Gasteiger partial charge in [0.25, 0.3) is 5.69 Å². The van der Waals surface area contributed by atoms with E-state index < -0.39 is 9.85 Å². The molecule has 0 heterocycles. The van der Waals surface area contributed by atoms with Crippen molar-refractivity contribution in [2.45, 2.75) is 0 Å². The summed E-state index contributed by atoms with van der Waals surface area (Å²) in [6, 6.07) is 11.9. The summed E-state index contributed by atoms with van der Waals surface area (Å²) in [6.07, 6.45) is 0. The molecular weight excluding hydrogens is 252 g/mol. The van der Waals surface area contributed by atoms with Crippen LogP contribution in [-0.2, 0) is 0 Å². The number of nitro groups is 2. The number of nitrogens with zero attached hydrogens (tertiary/aromatic N) is 2. The van der Waals surface area contributed by atoms with Crippen molar-refractivity contribution in [3.8, 4) is 11.5 Å². The van der Waals surface area contributed by atoms with Crippen LogP contribution < -0.4 is 4.74 Å². The number of hydrogen-bond acceptors (Lipinski definition) is 5.